The van der Waals surface area contributed by atoms with Crippen molar-refractivity contribution in [1.82, 2.24) is 15.2 Å². The number of nitrogens with one attached hydrogen (secondary N) is 1. The molecular formula is C17H22F3N3O4. The summed E-state index contributed by atoms with van der Waals surface area (Å²) in [6.07, 6.45) is -2.40. The molecule has 0 radical (unpaired) electrons. The summed E-state index contributed by atoms with van der Waals surface area (Å²) < 4.78 is 44.6. The zero-order valence-corrected chi connectivity index (χ0v) is 15.0. The predicted molar refractivity (Wildman–Crippen MR) is 89.1 cm³/mol. The first kappa shape index (κ1) is 20.8. The van der Waals surface area contributed by atoms with Crippen molar-refractivity contribution < 1.29 is 32.6 Å². The molecule has 10 heteroatoms. The lowest BCUT2D eigenvalue weighted by atomic mass is 9.96. The van der Waals surface area contributed by atoms with Crippen LogP contribution in [0.5, 0.6) is 5.88 Å². The summed E-state index contributed by atoms with van der Waals surface area (Å²) in [6.45, 7) is 2.75. The highest BCUT2D eigenvalue weighted by Crippen LogP contribution is 2.37. The van der Waals surface area contributed by atoms with Gasteiger partial charge in [-0.25, -0.2) is 9.78 Å². The molecule has 0 spiro atoms. The van der Waals surface area contributed by atoms with Gasteiger partial charge >= 0.3 is 18.2 Å². The van der Waals surface area contributed by atoms with E-state index in [1.807, 2.05) is 13.8 Å². The number of alkyl halides is 3. The summed E-state index contributed by atoms with van der Waals surface area (Å²) >= 11 is 0. The molecule has 1 unspecified atom stereocenters. The van der Waals surface area contributed by atoms with Crippen LogP contribution in [0.4, 0.5) is 18.0 Å². The molecule has 2 rings (SSSR count). The number of pyridine rings is 1. The van der Waals surface area contributed by atoms with Crippen LogP contribution in [0.25, 0.3) is 0 Å². The summed E-state index contributed by atoms with van der Waals surface area (Å²) in [5, 5.41) is 11.5. The molecule has 1 saturated heterocycles. The second kappa shape index (κ2) is 8.45. The molecule has 1 aromatic heterocycles. The number of ether oxygens (including phenoxy) is 1. The molecule has 1 aromatic rings. The number of carbonyl (C=O) groups is 2. The quantitative estimate of drug-likeness (QED) is 0.781. The molecule has 27 heavy (non-hydrogen) atoms. The molecular weight excluding hydrogens is 367 g/mol. The summed E-state index contributed by atoms with van der Waals surface area (Å²) in [6, 6.07) is 2.54. The Labute approximate surface area is 154 Å². The largest absolute Gasteiger partial charge is 0.481 e. The van der Waals surface area contributed by atoms with E-state index >= 15 is 0 Å². The zero-order chi connectivity index (χ0) is 20.2. The molecule has 2 heterocycles. The Morgan fingerprint density at radius 1 is 1.44 bits per heavy atom. The first-order valence-electron chi connectivity index (χ1n) is 8.55. The molecule has 0 bridgehead atoms. The maximum absolute atomic E-state index is 13.0. The molecule has 2 amide bonds. The van der Waals surface area contributed by atoms with Gasteiger partial charge in [0.25, 0.3) is 0 Å². The van der Waals surface area contributed by atoms with Crippen LogP contribution in [0.1, 0.15) is 25.8 Å². The molecule has 1 aliphatic heterocycles. The van der Waals surface area contributed by atoms with Crippen molar-refractivity contribution in [2.45, 2.75) is 39.1 Å². The summed E-state index contributed by atoms with van der Waals surface area (Å²) in [4.78, 5) is 28.2. The maximum atomic E-state index is 13.0. The van der Waals surface area contributed by atoms with Crippen LogP contribution in [0.3, 0.4) is 0 Å². The molecule has 150 valence electrons. The van der Waals surface area contributed by atoms with Crippen molar-refractivity contribution in [1.29, 1.82) is 0 Å². The zero-order valence-electron chi connectivity index (χ0n) is 15.0. The van der Waals surface area contributed by atoms with E-state index in [0.717, 1.165) is 11.3 Å². The van der Waals surface area contributed by atoms with Crippen molar-refractivity contribution in [2.75, 3.05) is 13.1 Å². The van der Waals surface area contributed by atoms with Crippen molar-refractivity contribution >= 4 is 12.0 Å². The number of carboxylic acid groups (broad SMARTS) is 1. The van der Waals surface area contributed by atoms with Crippen LogP contribution >= 0.6 is 0 Å². The number of likely N-dealkylation sites (tertiary alicyclic amines) is 1. The summed E-state index contributed by atoms with van der Waals surface area (Å²) in [5.41, 5.74) is 0.665. The Morgan fingerprint density at radius 2 is 2.15 bits per heavy atom. The average molecular weight is 389 g/mol. The Bertz CT molecular complexity index is 684. The van der Waals surface area contributed by atoms with Crippen LogP contribution in [0.2, 0.25) is 0 Å². The lowest BCUT2D eigenvalue weighted by Crippen LogP contribution is -2.39. The second-order valence-electron chi connectivity index (χ2n) is 6.50. The smallest absolute Gasteiger partial charge is 0.394 e. The van der Waals surface area contributed by atoms with Crippen molar-refractivity contribution in [3.63, 3.8) is 0 Å². The number of carboxylic acids is 1. The average Bonchev–Trinajstić information content (AvgIpc) is 3.06. The number of rotatable bonds is 6. The van der Waals surface area contributed by atoms with Gasteiger partial charge in [0.15, 0.2) is 0 Å². The molecule has 2 N–H and O–H groups in total. The van der Waals surface area contributed by atoms with Gasteiger partial charge in [0.1, 0.15) is 0 Å². The highest BCUT2D eigenvalue weighted by Gasteiger charge is 2.53. The number of aliphatic carboxylic acids is 1. The van der Waals surface area contributed by atoms with Gasteiger partial charge in [-0.2, -0.15) is 13.2 Å². The monoisotopic (exact) mass is 389 g/mol. The number of urea groups is 1. The van der Waals surface area contributed by atoms with E-state index in [-0.39, 0.29) is 12.6 Å². The van der Waals surface area contributed by atoms with Gasteiger partial charge in [0, 0.05) is 31.9 Å². The Morgan fingerprint density at radius 3 is 2.70 bits per heavy atom. The van der Waals surface area contributed by atoms with E-state index in [1.165, 1.54) is 6.20 Å². The number of aromatic nitrogens is 1. The van der Waals surface area contributed by atoms with Crippen molar-refractivity contribution in [3.05, 3.63) is 23.9 Å². The minimum absolute atomic E-state index is 0.0285. The fourth-order valence-corrected chi connectivity index (χ4v) is 2.76. The first-order valence-corrected chi connectivity index (χ1v) is 8.55. The third-order valence-corrected chi connectivity index (χ3v) is 4.48. The van der Waals surface area contributed by atoms with Crippen LogP contribution < -0.4 is 10.1 Å². The number of nitrogens with zero attached hydrogens (tertiary/aromatic N) is 2. The minimum atomic E-state index is -4.68. The lowest BCUT2D eigenvalue weighted by Gasteiger charge is -2.19. The predicted octanol–water partition coefficient (Wildman–Crippen LogP) is 2.66. The SMILES string of the molecule is CCC(C)Oc1cc(CNC(=O)N2C[C@@H](C(F)(F)F)[C@H](C(=O)O)C2)ccn1. The van der Waals surface area contributed by atoms with E-state index in [1.54, 1.807) is 12.1 Å². The molecule has 1 fully saturated rings. The fraction of sp³-hybridized carbons (Fsp3) is 0.588. The van der Waals surface area contributed by atoms with E-state index in [9.17, 15) is 22.8 Å². The molecule has 0 aromatic carbocycles. The Balaban J connectivity index is 1.96. The highest BCUT2D eigenvalue weighted by molar-refractivity contribution is 5.77. The molecule has 0 aliphatic carbocycles. The summed E-state index contributed by atoms with van der Waals surface area (Å²) in [5.74, 6) is -4.90. The van der Waals surface area contributed by atoms with Gasteiger partial charge in [-0.3, -0.25) is 4.79 Å². The van der Waals surface area contributed by atoms with Gasteiger partial charge in [0.2, 0.25) is 5.88 Å². The van der Waals surface area contributed by atoms with Crippen LogP contribution in [0, 0.1) is 11.8 Å². The fourth-order valence-electron chi connectivity index (χ4n) is 2.76. The Hall–Kier alpha value is -2.52. The van der Waals surface area contributed by atoms with Gasteiger partial charge in [-0.1, -0.05) is 6.92 Å². The lowest BCUT2D eigenvalue weighted by molar-refractivity contribution is -0.187. The topological polar surface area (TPSA) is 91.8 Å². The number of hydrogen-bond acceptors (Lipinski definition) is 4. The first-order chi connectivity index (χ1) is 12.6. The molecule has 0 saturated carbocycles. The van der Waals surface area contributed by atoms with Crippen molar-refractivity contribution in [2.24, 2.45) is 11.8 Å². The minimum Gasteiger partial charge on any atom is -0.481 e. The highest BCUT2D eigenvalue weighted by atomic mass is 19.4. The number of halogens is 3. The van der Waals surface area contributed by atoms with Gasteiger partial charge in [-0.15, -0.1) is 0 Å². The van der Waals surface area contributed by atoms with Gasteiger partial charge < -0.3 is 20.1 Å². The van der Waals surface area contributed by atoms with E-state index in [2.05, 4.69) is 10.3 Å². The molecule has 7 nitrogen and oxygen atoms in total. The van der Waals surface area contributed by atoms with E-state index in [0.29, 0.717) is 11.4 Å². The van der Waals surface area contributed by atoms with Gasteiger partial charge in [0.05, 0.1) is 17.9 Å². The third kappa shape index (κ3) is 5.48. The number of amides is 2. The van der Waals surface area contributed by atoms with E-state index in [4.69, 9.17) is 9.84 Å². The molecule has 1 aliphatic rings. The third-order valence-electron chi connectivity index (χ3n) is 4.48. The maximum Gasteiger partial charge on any atom is 0.394 e. The van der Waals surface area contributed by atoms with E-state index < -0.39 is 43.1 Å². The van der Waals surface area contributed by atoms with Crippen molar-refractivity contribution in [3.8, 4) is 5.88 Å². The Kier molecular flexibility index (Phi) is 6.50. The standard InChI is InChI=1S/C17H22F3N3O4/c1-3-10(2)27-14-6-11(4-5-21-14)7-22-16(26)23-8-12(15(24)25)13(9-23)17(18,19)20/h4-6,10,12-13H,3,7-9H2,1-2H3,(H,22,26)(H,24,25)/t10?,12-,13-/m1/s1. The number of carbonyl (C=O) groups excluding carboxylic acids is 1. The van der Waals surface area contributed by atoms with Gasteiger partial charge in [-0.05, 0) is 25.0 Å². The normalized spacial score (nSPS) is 21.0. The number of hydrogen-bond donors (Lipinski definition) is 2. The van der Waals surface area contributed by atoms with Crippen LogP contribution in [-0.4, -0.2) is 52.4 Å². The second-order valence-corrected chi connectivity index (χ2v) is 6.50. The summed E-state index contributed by atoms with van der Waals surface area (Å²) in [7, 11) is 0. The van der Waals surface area contributed by atoms with Crippen LogP contribution in [-0.2, 0) is 11.3 Å². The van der Waals surface area contributed by atoms with Crippen LogP contribution in [0.15, 0.2) is 18.3 Å². The molecule has 3 atom stereocenters.